The summed E-state index contributed by atoms with van der Waals surface area (Å²) in [5.74, 6) is -1.17. The molecule has 0 fully saturated rings. The van der Waals surface area contributed by atoms with Gasteiger partial charge in [0.05, 0.1) is 16.9 Å². The Morgan fingerprint density at radius 2 is 2.13 bits per heavy atom. The molecule has 5 heteroatoms. The molecule has 0 radical (unpaired) electrons. The van der Waals surface area contributed by atoms with E-state index in [2.05, 4.69) is 10.6 Å². The van der Waals surface area contributed by atoms with Crippen molar-refractivity contribution in [2.45, 2.75) is 13.0 Å². The predicted octanol–water partition coefficient (Wildman–Crippen LogP) is 1.14. The maximum atomic E-state index is 11.3. The van der Waals surface area contributed by atoms with E-state index < -0.39 is 5.97 Å². The molecule has 0 bridgehead atoms. The summed E-state index contributed by atoms with van der Waals surface area (Å²) in [5, 5.41) is 14.4. The van der Waals surface area contributed by atoms with Crippen LogP contribution in [-0.4, -0.2) is 23.0 Å². The average Bonchev–Trinajstić information content (AvgIpc) is 2.19. The zero-order valence-corrected chi connectivity index (χ0v) is 8.07. The van der Waals surface area contributed by atoms with E-state index >= 15 is 0 Å². The summed E-state index contributed by atoms with van der Waals surface area (Å²) in [5.41, 5.74) is 1.41. The van der Waals surface area contributed by atoms with Gasteiger partial charge in [0.1, 0.15) is 6.04 Å². The van der Waals surface area contributed by atoms with E-state index in [0.29, 0.717) is 5.69 Å². The van der Waals surface area contributed by atoms with E-state index in [-0.39, 0.29) is 17.5 Å². The zero-order valence-electron chi connectivity index (χ0n) is 8.07. The standard InChI is InChI=1S/C10H10N2O3/c1-5-9(13)12-8-4-6(10(14)15)2-3-7(8)11-5/h2-5,11H,1H3,(H,12,13)(H,14,15). The molecule has 0 saturated heterocycles. The van der Waals surface area contributed by atoms with Gasteiger partial charge in [-0.15, -0.1) is 0 Å². The van der Waals surface area contributed by atoms with Crippen LogP contribution in [0.1, 0.15) is 17.3 Å². The third-order valence-electron chi connectivity index (χ3n) is 2.29. The van der Waals surface area contributed by atoms with Gasteiger partial charge in [0.15, 0.2) is 0 Å². The number of fused-ring (bicyclic) bond motifs is 1. The number of amides is 1. The van der Waals surface area contributed by atoms with E-state index in [1.807, 2.05) is 0 Å². The van der Waals surface area contributed by atoms with Gasteiger partial charge in [0.25, 0.3) is 0 Å². The van der Waals surface area contributed by atoms with Gasteiger partial charge in [-0.2, -0.15) is 0 Å². The van der Waals surface area contributed by atoms with Crippen LogP contribution < -0.4 is 10.6 Å². The highest BCUT2D eigenvalue weighted by atomic mass is 16.4. The lowest BCUT2D eigenvalue weighted by molar-refractivity contribution is -0.116. The van der Waals surface area contributed by atoms with Crippen molar-refractivity contribution in [1.29, 1.82) is 0 Å². The quantitative estimate of drug-likeness (QED) is 0.643. The van der Waals surface area contributed by atoms with Crippen LogP contribution in [0.2, 0.25) is 0 Å². The normalized spacial score (nSPS) is 18.7. The van der Waals surface area contributed by atoms with Gasteiger partial charge in [-0.25, -0.2) is 4.79 Å². The van der Waals surface area contributed by atoms with E-state index in [1.165, 1.54) is 12.1 Å². The third kappa shape index (κ3) is 1.63. The summed E-state index contributed by atoms with van der Waals surface area (Å²) < 4.78 is 0. The van der Waals surface area contributed by atoms with Gasteiger partial charge in [-0.1, -0.05) is 0 Å². The highest BCUT2D eigenvalue weighted by molar-refractivity contribution is 6.04. The minimum atomic E-state index is -1.01. The minimum Gasteiger partial charge on any atom is -0.478 e. The topological polar surface area (TPSA) is 78.4 Å². The summed E-state index contributed by atoms with van der Waals surface area (Å²) in [7, 11) is 0. The number of carboxylic acid groups (broad SMARTS) is 1. The number of aromatic carboxylic acids is 1. The molecule has 5 nitrogen and oxygen atoms in total. The number of nitrogens with one attached hydrogen (secondary N) is 2. The molecule has 0 spiro atoms. The van der Waals surface area contributed by atoms with Crippen molar-refractivity contribution in [2.24, 2.45) is 0 Å². The summed E-state index contributed by atoms with van der Waals surface area (Å²) in [4.78, 5) is 22.0. The van der Waals surface area contributed by atoms with Crippen molar-refractivity contribution in [3.8, 4) is 0 Å². The van der Waals surface area contributed by atoms with Crippen molar-refractivity contribution in [3.05, 3.63) is 23.8 Å². The van der Waals surface area contributed by atoms with Crippen LogP contribution in [0.15, 0.2) is 18.2 Å². The fraction of sp³-hybridized carbons (Fsp3) is 0.200. The van der Waals surface area contributed by atoms with Crippen LogP contribution in [0.3, 0.4) is 0 Å². The highest BCUT2D eigenvalue weighted by Gasteiger charge is 2.21. The zero-order chi connectivity index (χ0) is 11.0. The third-order valence-corrected chi connectivity index (χ3v) is 2.29. The molecular weight excluding hydrogens is 196 g/mol. The Hall–Kier alpha value is -2.04. The summed E-state index contributed by atoms with van der Waals surface area (Å²) in [6.07, 6.45) is 0. The van der Waals surface area contributed by atoms with Crippen LogP contribution >= 0.6 is 0 Å². The number of hydrogen-bond donors (Lipinski definition) is 3. The summed E-state index contributed by atoms with van der Waals surface area (Å²) in [6, 6.07) is 4.29. The number of benzene rings is 1. The van der Waals surface area contributed by atoms with Gasteiger partial charge < -0.3 is 15.7 Å². The Kier molecular flexibility index (Phi) is 2.07. The Bertz CT molecular complexity index is 442. The van der Waals surface area contributed by atoms with E-state index in [4.69, 9.17) is 5.11 Å². The molecule has 15 heavy (non-hydrogen) atoms. The second-order valence-corrected chi connectivity index (χ2v) is 3.42. The largest absolute Gasteiger partial charge is 0.478 e. The SMILES string of the molecule is CC1Nc2ccc(C(=O)O)cc2NC1=O. The van der Waals surface area contributed by atoms with Gasteiger partial charge in [0.2, 0.25) is 5.91 Å². The van der Waals surface area contributed by atoms with Crippen LogP contribution in [-0.2, 0) is 4.79 Å². The molecular formula is C10H10N2O3. The predicted molar refractivity (Wildman–Crippen MR) is 55.1 cm³/mol. The first kappa shape index (κ1) is 9.51. The van der Waals surface area contributed by atoms with Gasteiger partial charge >= 0.3 is 5.97 Å². The van der Waals surface area contributed by atoms with Crippen molar-refractivity contribution < 1.29 is 14.7 Å². The molecule has 1 aromatic carbocycles. The van der Waals surface area contributed by atoms with Crippen molar-refractivity contribution in [3.63, 3.8) is 0 Å². The fourth-order valence-corrected chi connectivity index (χ4v) is 1.45. The molecule has 1 unspecified atom stereocenters. The van der Waals surface area contributed by atoms with E-state index in [1.54, 1.807) is 13.0 Å². The van der Waals surface area contributed by atoms with Crippen LogP contribution in [0.25, 0.3) is 0 Å². The number of carboxylic acids is 1. The number of carbonyl (C=O) groups is 2. The van der Waals surface area contributed by atoms with Crippen LogP contribution in [0.4, 0.5) is 11.4 Å². The first-order chi connectivity index (χ1) is 7.08. The lowest BCUT2D eigenvalue weighted by Crippen LogP contribution is -2.36. The minimum absolute atomic E-state index is 0.158. The van der Waals surface area contributed by atoms with Crippen molar-refractivity contribution in [1.82, 2.24) is 0 Å². The van der Waals surface area contributed by atoms with E-state index in [9.17, 15) is 9.59 Å². The van der Waals surface area contributed by atoms with Gasteiger partial charge in [-0.05, 0) is 25.1 Å². The van der Waals surface area contributed by atoms with E-state index in [0.717, 1.165) is 5.69 Å². The summed E-state index contributed by atoms with van der Waals surface area (Å²) in [6.45, 7) is 1.74. The van der Waals surface area contributed by atoms with Crippen LogP contribution in [0.5, 0.6) is 0 Å². The van der Waals surface area contributed by atoms with Crippen LogP contribution in [0, 0.1) is 0 Å². The molecule has 0 aliphatic carbocycles. The molecule has 1 aliphatic rings. The molecule has 1 aliphatic heterocycles. The number of carbonyl (C=O) groups excluding carboxylic acids is 1. The molecule has 0 aromatic heterocycles. The second-order valence-electron chi connectivity index (χ2n) is 3.42. The Balaban J connectivity index is 2.41. The molecule has 1 aromatic rings. The first-order valence-electron chi connectivity index (χ1n) is 4.52. The summed E-state index contributed by atoms with van der Waals surface area (Å²) >= 11 is 0. The average molecular weight is 206 g/mol. The number of rotatable bonds is 1. The van der Waals surface area contributed by atoms with Gasteiger partial charge in [0, 0.05) is 0 Å². The van der Waals surface area contributed by atoms with Crippen molar-refractivity contribution >= 4 is 23.3 Å². The number of hydrogen-bond acceptors (Lipinski definition) is 3. The first-order valence-corrected chi connectivity index (χ1v) is 4.52. The second kappa shape index (κ2) is 3.27. The molecule has 1 atom stereocenters. The fourth-order valence-electron chi connectivity index (χ4n) is 1.45. The van der Waals surface area contributed by atoms with Crippen molar-refractivity contribution in [2.75, 3.05) is 10.6 Å². The Morgan fingerprint density at radius 1 is 1.40 bits per heavy atom. The monoisotopic (exact) mass is 206 g/mol. The Labute approximate surface area is 86.1 Å². The smallest absolute Gasteiger partial charge is 0.335 e. The maximum absolute atomic E-state index is 11.3. The molecule has 2 rings (SSSR count). The molecule has 3 N–H and O–H groups in total. The van der Waals surface area contributed by atoms with Gasteiger partial charge in [-0.3, -0.25) is 4.79 Å². The molecule has 1 amide bonds. The molecule has 78 valence electrons. The molecule has 1 heterocycles. The highest BCUT2D eigenvalue weighted by Crippen LogP contribution is 2.27. The number of anilines is 2. The lowest BCUT2D eigenvalue weighted by atomic mass is 10.1. The maximum Gasteiger partial charge on any atom is 0.335 e. The Morgan fingerprint density at radius 3 is 2.80 bits per heavy atom. The lowest BCUT2D eigenvalue weighted by Gasteiger charge is -2.24. The molecule has 0 saturated carbocycles.